The number of aryl methyl sites for hydroxylation is 2. The minimum Gasteiger partial charge on any atom is -0.510 e. The van der Waals surface area contributed by atoms with Crippen LogP contribution in [0.5, 0.6) is 0 Å². The number of aromatic nitrogens is 2. The van der Waals surface area contributed by atoms with Crippen molar-refractivity contribution < 1.29 is 5.11 Å². The summed E-state index contributed by atoms with van der Waals surface area (Å²) < 4.78 is 0. The van der Waals surface area contributed by atoms with Crippen molar-refractivity contribution in [3.05, 3.63) is 65.2 Å². The summed E-state index contributed by atoms with van der Waals surface area (Å²) in [5.41, 5.74) is 4.12. The number of nitrogens with one attached hydrogen (secondary N) is 1. The van der Waals surface area contributed by atoms with Gasteiger partial charge in [0.1, 0.15) is 17.4 Å². The molecule has 3 aromatic rings. The van der Waals surface area contributed by atoms with E-state index in [2.05, 4.69) is 34.2 Å². The van der Waals surface area contributed by atoms with Crippen molar-refractivity contribution in [3.63, 3.8) is 0 Å². The van der Waals surface area contributed by atoms with Crippen LogP contribution in [-0.4, -0.2) is 20.8 Å². The fraction of sp³-hybridized carbons (Fsp3) is 0.158. The van der Waals surface area contributed by atoms with E-state index >= 15 is 0 Å². The van der Waals surface area contributed by atoms with E-state index in [-0.39, 0.29) is 11.3 Å². The maximum absolute atomic E-state index is 10.4. The third-order valence-corrected chi connectivity index (χ3v) is 4.90. The fourth-order valence-electron chi connectivity index (χ4n) is 2.41. The summed E-state index contributed by atoms with van der Waals surface area (Å²) in [6.45, 7) is 4.07. The maximum Gasteiger partial charge on any atom is 0.152 e. The van der Waals surface area contributed by atoms with Gasteiger partial charge in [-0.3, -0.25) is 0 Å². The number of nitriles is 1. The monoisotopic (exact) mass is 335 g/mol. The number of allylic oxidation sites excluding steroid dienone is 1. The van der Waals surface area contributed by atoms with E-state index in [1.807, 2.05) is 38.1 Å². The quantitative estimate of drug-likeness (QED) is 0.409. The van der Waals surface area contributed by atoms with Gasteiger partial charge in [0.25, 0.3) is 0 Å². The number of benzene rings is 2. The second-order valence-electron chi connectivity index (χ2n) is 5.59. The average Bonchev–Trinajstić information content (AvgIpc) is 3.00. The van der Waals surface area contributed by atoms with Crippen molar-refractivity contribution in [3.8, 4) is 6.07 Å². The van der Waals surface area contributed by atoms with Crippen molar-refractivity contribution in [1.82, 2.24) is 9.97 Å². The Morgan fingerprint density at radius 3 is 2.79 bits per heavy atom. The topological polar surface area (TPSA) is 72.7 Å². The fourth-order valence-corrected chi connectivity index (χ4v) is 3.41. The number of hydrogen-bond acceptors (Lipinski definition) is 4. The molecule has 1 aromatic heterocycles. The number of imidazole rings is 1. The van der Waals surface area contributed by atoms with Crippen LogP contribution in [0.15, 0.2) is 53.1 Å². The lowest BCUT2D eigenvalue weighted by Crippen LogP contribution is -1.95. The Hall–Kier alpha value is -2.71. The molecule has 0 unspecified atom stereocenters. The van der Waals surface area contributed by atoms with Crippen LogP contribution in [0.3, 0.4) is 0 Å². The third-order valence-electron chi connectivity index (χ3n) is 3.73. The smallest absolute Gasteiger partial charge is 0.152 e. The first-order chi connectivity index (χ1) is 11.6. The normalized spacial score (nSPS) is 12.0. The van der Waals surface area contributed by atoms with Crippen molar-refractivity contribution >= 4 is 28.4 Å². The van der Waals surface area contributed by atoms with E-state index in [9.17, 15) is 10.4 Å². The summed E-state index contributed by atoms with van der Waals surface area (Å²) in [7, 11) is 0. The van der Waals surface area contributed by atoms with Crippen LogP contribution in [-0.2, 0) is 0 Å². The molecule has 0 aliphatic rings. The zero-order chi connectivity index (χ0) is 17.1. The SMILES string of the molecule is Cc1ccc(C)c(SC/C(O)=C(\C#N)c2nc3ccccc3[nH]2)c1. The summed E-state index contributed by atoms with van der Waals surface area (Å²) in [5.74, 6) is 0.754. The number of thioether (sulfide) groups is 1. The second-order valence-corrected chi connectivity index (χ2v) is 6.61. The number of aliphatic hydroxyl groups excluding tert-OH is 1. The standard InChI is InChI=1S/C19H17N3OS/c1-12-7-8-13(2)18(9-12)24-11-17(23)14(10-20)19-21-15-5-3-4-6-16(15)22-19/h3-9,23H,11H2,1-2H3,(H,21,22)/b17-14-. The molecule has 0 amide bonds. The first-order valence-electron chi connectivity index (χ1n) is 7.56. The number of aliphatic hydroxyl groups is 1. The molecule has 0 aliphatic carbocycles. The van der Waals surface area contributed by atoms with Crippen molar-refractivity contribution in [2.24, 2.45) is 0 Å². The van der Waals surface area contributed by atoms with Gasteiger partial charge in [-0.1, -0.05) is 29.8 Å². The van der Waals surface area contributed by atoms with E-state index in [1.165, 1.54) is 17.3 Å². The van der Waals surface area contributed by atoms with E-state index in [1.54, 1.807) is 0 Å². The van der Waals surface area contributed by atoms with Gasteiger partial charge in [-0.15, -0.1) is 11.8 Å². The molecule has 0 fully saturated rings. The van der Waals surface area contributed by atoms with Gasteiger partial charge in [-0.05, 0) is 37.6 Å². The number of fused-ring (bicyclic) bond motifs is 1. The molecule has 2 aromatic carbocycles. The highest BCUT2D eigenvalue weighted by Crippen LogP contribution is 2.27. The van der Waals surface area contributed by atoms with Crippen LogP contribution >= 0.6 is 11.8 Å². The Morgan fingerprint density at radius 1 is 1.25 bits per heavy atom. The third kappa shape index (κ3) is 3.29. The molecular weight excluding hydrogens is 318 g/mol. The van der Waals surface area contributed by atoms with E-state index in [4.69, 9.17) is 0 Å². The molecule has 0 atom stereocenters. The highest BCUT2D eigenvalue weighted by molar-refractivity contribution is 7.99. The number of para-hydroxylation sites is 2. The summed E-state index contributed by atoms with van der Waals surface area (Å²) >= 11 is 1.51. The van der Waals surface area contributed by atoms with Crippen LogP contribution in [0.2, 0.25) is 0 Å². The van der Waals surface area contributed by atoms with Gasteiger partial charge >= 0.3 is 0 Å². The Balaban J connectivity index is 1.87. The summed E-state index contributed by atoms with van der Waals surface area (Å²) in [5, 5.41) is 19.8. The first-order valence-corrected chi connectivity index (χ1v) is 8.54. The van der Waals surface area contributed by atoms with Gasteiger partial charge in [0.2, 0.25) is 0 Å². The molecule has 0 aliphatic heterocycles. The summed E-state index contributed by atoms with van der Waals surface area (Å²) in [6.07, 6.45) is 0. The summed E-state index contributed by atoms with van der Waals surface area (Å²) in [4.78, 5) is 8.57. The Bertz CT molecular complexity index is 933. The summed E-state index contributed by atoms with van der Waals surface area (Å²) in [6, 6.07) is 15.8. The number of H-pyrrole nitrogens is 1. The average molecular weight is 335 g/mol. The van der Waals surface area contributed by atoms with Crippen LogP contribution < -0.4 is 0 Å². The van der Waals surface area contributed by atoms with Gasteiger partial charge in [-0.25, -0.2) is 4.98 Å². The Labute approximate surface area is 144 Å². The molecular formula is C19H17N3OS. The van der Waals surface area contributed by atoms with E-state index < -0.39 is 0 Å². The lowest BCUT2D eigenvalue weighted by atomic mass is 10.2. The highest BCUT2D eigenvalue weighted by Gasteiger charge is 2.13. The van der Waals surface area contributed by atoms with Gasteiger partial charge in [0, 0.05) is 4.90 Å². The van der Waals surface area contributed by atoms with Gasteiger partial charge < -0.3 is 10.1 Å². The highest BCUT2D eigenvalue weighted by atomic mass is 32.2. The molecule has 0 bridgehead atoms. The minimum absolute atomic E-state index is 0.0301. The number of rotatable bonds is 4. The van der Waals surface area contributed by atoms with Gasteiger partial charge in [0.05, 0.1) is 16.8 Å². The number of aromatic amines is 1. The van der Waals surface area contributed by atoms with Gasteiger partial charge in [0.15, 0.2) is 5.82 Å². The molecule has 2 N–H and O–H groups in total. The maximum atomic E-state index is 10.4. The Morgan fingerprint density at radius 2 is 2.04 bits per heavy atom. The minimum atomic E-state index is 0.0301. The largest absolute Gasteiger partial charge is 0.510 e. The zero-order valence-corrected chi connectivity index (χ0v) is 14.3. The second kappa shape index (κ2) is 6.81. The van der Waals surface area contributed by atoms with Crippen molar-refractivity contribution in [2.45, 2.75) is 18.7 Å². The zero-order valence-electron chi connectivity index (χ0n) is 13.5. The van der Waals surface area contributed by atoms with Crippen molar-refractivity contribution in [2.75, 3.05) is 5.75 Å². The molecule has 5 heteroatoms. The molecule has 0 saturated carbocycles. The molecule has 4 nitrogen and oxygen atoms in total. The van der Waals surface area contributed by atoms with Crippen LogP contribution in [0.25, 0.3) is 16.6 Å². The lowest BCUT2D eigenvalue weighted by Gasteiger charge is -2.07. The van der Waals surface area contributed by atoms with Crippen LogP contribution in [0.1, 0.15) is 17.0 Å². The molecule has 0 radical (unpaired) electrons. The lowest BCUT2D eigenvalue weighted by molar-refractivity contribution is 0.420. The first kappa shape index (κ1) is 16.2. The molecule has 0 saturated heterocycles. The Kier molecular flexibility index (Phi) is 4.59. The molecule has 120 valence electrons. The van der Waals surface area contributed by atoms with E-state index in [0.29, 0.717) is 11.6 Å². The molecule has 24 heavy (non-hydrogen) atoms. The van der Waals surface area contributed by atoms with Crippen molar-refractivity contribution in [1.29, 1.82) is 5.26 Å². The van der Waals surface area contributed by atoms with Crippen LogP contribution in [0.4, 0.5) is 0 Å². The van der Waals surface area contributed by atoms with Gasteiger partial charge in [-0.2, -0.15) is 5.26 Å². The molecule has 3 rings (SSSR count). The predicted molar refractivity (Wildman–Crippen MR) is 97.9 cm³/mol. The number of hydrogen-bond donors (Lipinski definition) is 2. The molecule has 1 heterocycles. The predicted octanol–water partition coefficient (Wildman–Crippen LogP) is 4.76. The number of nitrogens with zero attached hydrogens (tertiary/aromatic N) is 2. The molecule has 0 spiro atoms. The van der Waals surface area contributed by atoms with Crippen LogP contribution in [0, 0.1) is 25.2 Å². The van der Waals surface area contributed by atoms with E-state index in [0.717, 1.165) is 21.5 Å².